The van der Waals surface area contributed by atoms with E-state index >= 15 is 0 Å². The van der Waals surface area contributed by atoms with E-state index < -0.39 is 34.9 Å². The molecule has 0 aromatic heterocycles. The van der Waals surface area contributed by atoms with E-state index in [-0.39, 0.29) is 11.1 Å². The Hall–Kier alpha value is -3.20. The van der Waals surface area contributed by atoms with E-state index in [2.05, 4.69) is 5.32 Å². The van der Waals surface area contributed by atoms with Crippen LogP contribution in [0.15, 0.2) is 47.4 Å². The fourth-order valence-corrected chi connectivity index (χ4v) is 5.13. The van der Waals surface area contributed by atoms with E-state index in [4.69, 9.17) is 0 Å². The lowest BCUT2D eigenvalue weighted by Crippen LogP contribution is -2.37. The minimum absolute atomic E-state index is 0.0563. The molecule has 154 valence electrons. The van der Waals surface area contributed by atoms with E-state index in [0.29, 0.717) is 10.9 Å². The lowest BCUT2D eigenvalue weighted by Gasteiger charge is -2.16. The Labute approximate surface area is 176 Å². The summed E-state index contributed by atoms with van der Waals surface area (Å²) in [7, 11) is 0. The average Bonchev–Trinajstić information content (AvgIpc) is 3.32. The minimum atomic E-state index is -0.828. The Morgan fingerprint density at radius 3 is 2.57 bits per heavy atom. The van der Waals surface area contributed by atoms with Gasteiger partial charge in [-0.15, -0.1) is 11.8 Å². The number of hydrogen-bond donors (Lipinski definition) is 1. The van der Waals surface area contributed by atoms with E-state index in [1.54, 1.807) is 23.9 Å². The number of nitro benzene ring substituents is 1. The average molecular weight is 425 g/mol. The zero-order chi connectivity index (χ0) is 21.3. The zero-order valence-electron chi connectivity index (χ0n) is 16.0. The number of thioether (sulfide) groups is 1. The van der Waals surface area contributed by atoms with Crippen molar-refractivity contribution in [2.45, 2.75) is 35.8 Å². The molecular formula is C21H19N3O5S. The number of para-hydroxylation sites is 1. The zero-order valence-corrected chi connectivity index (χ0v) is 16.8. The molecule has 0 saturated heterocycles. The summed E-state index contributed by atoms with van der Waals surface area (Å²) in [5.41, 5.74) is -0.134. The Morgan fingerprint density at radius 2 is 1.83 bits per heavy atom. The Bertz CT molecular complexity index is 1050. The molecule has 1 aliphatic heterocycles. The van der Waals surface area contributed by atoms with Crippen molar-refractivity contribution in [3.8, 4) is 0 Å². The molecule has 30 heavy (non-hydrogen) atoms. The molecule has 4 rings (SSSR count). The number of carbonyl (C=O) groups excluding carboxylic acids is 3. The summed E-state index contributed by atoms with van der Waals surface area (Å²) in [6.45, 7) is -0.508. The first kappa shape index (κ1) is 20.1. The van der Waals surface area contributed by atoms with Crippen LogP contribution in [0.1, 0.15) is 46.4 Å². The number of nitrogens with one attached hydrogen (secondary N) is 1. The van der Waals surface area contributed by atoms with Crippen LogP contribution in [0.5, 0.6) is 0 Å². The summed E-state index contributed by atoms with van der Waals surface area (Å²) in [6.07, 6.45) is 4.69. The van der Waals surface area contributed by atoms with Crippen molar-refractivity contribution in [3.05, 3.63) is 63.7 Å². The van der Waals surface area contributed by atoms with Crippen molar-refractivity contribution in [3.63, 3.8) is 0 Å². The van der Waals surface area contributed by atoms with Crippen molar-refractivity contribution < 1.29 is 19.3 Å². The molecule has 0 bridgehead atoms. The van der Waals surface area contributed by atoms with Crippen molar-refractivity contribution in [1.29, 1.82) is 0 Å². The number of fused-ring (bicyclic) bond motifs is 1. The van der Waals surface area contributed by atoms with Gasteiger partial charge in [-0.05, 0) is 31.0 Å². The van der Waals surface area contributed by atoms with Crippen LogP contribution in [-0.4, -0.2) is 39.3 Å². The summed E-state index contributed by atoms with van der Waals surface area (Å²) in [6, 6.07) is 11.3. The van der Waals surface area contributed by atoms with Crippen molar-refractivity contribution in [2.24, 2.45) is 0 Å². The molecule has 1 N–H and O–H groups in total. The van der Waals surface area contributed by atoms with Crippen LogP contribution < -0.4 is 5.32 Å². The molecule has 1 saturated carbocycles. The second-order valence-corrected chi connectivity index (χ2v) is 8.56. The van der Waals surface area contributed by atoms with E-state index in [1.807, 2.05) is 12.1 Å². The maximum Gasteiger partial charge on any atom is 0.282 e. The van der Waals surface area contributed by atoms with Gasteiger partial charge in [0.2, 0.25) is 5.91 Å². The minimum Gasteiger partial charge on any atom is -0.324 e. The Kier molecular flexibility index (Phi) is 5.54. The van der Waals surface area contributed by atoms with Crippen LogP contribution in [-0.2, 0) is 4.79 Å². The van der Waals surface area contributed by atoms with Crippen LogP contribution >= 0.6 is 11.8 Å². The van der Waals surface area contributed by atoms with Crippen LogP contribution in [0.4, 0.5) is 11.4 Å². The molecule has 9 heteroatoms. The van der Waals surface area contributed by atoms with Gasteiger partial charge < -0.3 is 5.32 Å². The highest BCUT2D eigenvalue weighted by Gasteiger charge is 2.41. The van der Waals surface area contributed by atoms with Gasteiger partial charge in [0.15, 0.2) is 0 Å². The quantitative estimate of drug-likeness (QED) is 0.427. The third kappa shape index (κ3) is 3.80. The lowest BCUT2D eigenvalue weighted by atomic mass is 10.1. The first-order valence-corrected chi connectivity index (χ1v) is 10.5. The van der Waals surface area contributed by atoms with Gasteiger partial charge in [0.05, 0.1) is 16.2 Å². The van der Waals surface area contributed by atoms with Gasteiger partial charge in [0.1, 0.15) is 12.1 Å². The van der Waals surface area contributed by atoms with Crippen LogP contribution in [0.25, 0.3) is 0 Å². The second kappa shape index (κ2) is 8.27. The van der Waals surface area contributed by atoms with E-state index in [0.717, 1.165) is 22.6 Å². The monoisotopic (exact) mass is 425 g/mol. The maximum absolute atomic E-state index is 12.6. The molecule has 1 aliphatic carbocycles. The third-order valence-corrected chi connectivity index (χ3v) is 6.65. The smallest absolute Gasteiger partial charge is 0.282 e. The molecule has 2 aromatic rings. The second-order valence-electron chi connectivity index (χ2n) is 7.22. The number of carbonyl (C=O) groups is 3. The molecule has 0 unspecified atom stereocenters. The molecule has 1 heterocycles. The SMILES string of the molecule is O=C(CN1C(=O)c2cccc([N+](=O)[O-])c2C1=O)Nc1ccccc1SC1CCCC1. The predicted molar refractivity (Wildman–Crippen MR) is 112 cm³/mol. The fraction of sp³-hybridized carbons (Fsp3) is 0.286. The number of amides is 3. The van der Waals surface area contributed by atoms with E-state index in [1.165, 1.54) is 31.0 Å². The highest BCUT2D eigenvalue weighted by atomic mass is 32.2. The van der Waals surface area contributed by atoms with Crippen LogP contribution in [0.3, 0.4) is 0 Å². The van der Waals surface area contributed by atoms with Crippen molar-refractivity contribution in [2.75, 3.05) is 11.9 Å². The third-order valence-electron chi connectivity index (χ3n) is 5.23. The topological polar surface area (TPSA) is 110 Å². The number of anilines is 1. The molecule has 2 aliphatic rings. The molecule has 1 fully saturated rings. The summed E-state index contributed by atoms with van der Waals surface area (Å²) < 4.78 is 0. The first-order valence-electron chi connectivity index (χ1n) is 9.65. The van der Waals surface area contributed by atoms with Gasteiger partial charge in [0, 0.05) is 16.2 Å². The lowest BCUT2D eigenvalue weighted by molar-refractivity contribution is -0.385. The number of hydrogen-bond acceptors (Lipinski definition) is 6. The number of nitrogens with zero attached hydrogens (tertiary/aromatic N) is 2. The number of rotatable bonds is 6. The van der Waals surface area contributed by atoms with E-state index in [9.17, 15) is 24.5 Å². The van der Waals surface area contributed by atoms with Gasteiger partial charge >= 0.3 is 0 Å². The van der Waals surface area contributed by atoms with Gasteiger partial charge in [-0.25, -0.2) is 0 Å². The largest absolute Gasteiger partial charge is 0.324 e. The molecule has 0 atom stereocenters. The van der Waals surface area contributed by atoms with Crippen molar-refractivity contribution in [1.82, 2.24) is 4.90 Å². The summed E-state index contributed by atoms with van der Waals surface area (Å²) in [5.74, 6) is -2.07. The van der Waals surface area contributed by atoms with Gasteiger partial charge in [-0.1, -0.05) is 31.0 Å². The molecular weight excluding hydrogens is 406 g/mol. The van der Waals surface area contributed by atoms with Crippen LogP contribution in [0, 0.1) is 10.1 Å². The molecule has 0 spiro atoms. The Morgan fingerprint density at radius 1 is 1.10 bits per heavy atom. The number of nitro groups is 1. The highest BCUT2D eigenvalue weighted by molar-refractivity contribution is 8.00. The normalized spacial score (nSPS) is 16.1. The number of benzene rings is 2. The number of imide groups is 1. The first-order chi connectivity index (χ1) is 14.5. The van der Waals surface area contributed by atoms with Gasteiger partial charge in [-0.3, -0.25) is 29.4 Å². The standard InChI is InChI=1S/C21H19N3O5S/c25-18(22-15-9-3-4-11-17(15)30-13-6-1-2-7-13)12-23-20(26)14-8-5-10-16(24(28)29)19(14)21(23)27/h3-5,8-11,13H,1-2,6-7,12H2,(H,22,25). The predicted octanol–water partition coefficient (Wildman–Crippen LogP) is 3.86. The van der Waals surface area contributed by atoms with Gasteiger partial charge in [-0.2, -0.15) is 0 Å². The van der Waals surface area contributed by atoms with Gasteiger partial charge in [0.25, 0.3) is 17.5 Å². The Balaban J connectivity index is 1.49. The van der Waals surface area contributed by atoms with Crippen molar-refractivity contribution >= 4 is 40.9 Å². The maximum atomic E-state index is 12.6. The van der Waals surface area contributed by atoms with Crippen LogP contribution in [0.2, 0.25) is 0 Å². The fourth-order valence-electron chi connectivity index (χ4n) is 3.80. The molecule has 2 aromatic carbocycles. The summed E-state index contributed by atoms with van der Waals surface area (Å²) in [5, 5.41) is 14.5. The molecule has 3 amide bonds. The summed E-state index contributed by atoms with van der Waals surface area (Å²) >= 11 is 1.72. The molecule has 0 radical (unpaired) electrons. The highest BCUT2D eigenvalue weighted by Crippen LogP contribution is 2.38. The molecule has 8 nitrogen and oxygen atoms in total. The summed E-state index contributed by atoms with van der Waals surface area (Å²) in [4.78, 5) is 50.0.